The number of aryl methyl sites for hydroxylation is 1. The number of halogens is 2. The lowest BCUT2D eigenvalue weighted by molar-refractivity contribution is 0.0995. The van der Waals surface area contributed by atoms with Gasteiger partial charge in [0.05, 0.1) is 6.26 Å². The molecule has 0 aliphatic heterocycles. The summed E-state index contributed by atoms with van der Waals surface area (Å²) in [6.07, 6.45) is 5.64. The molecule has 1 aliphatic carbocycles. The molecule has 0 spiro atoms. The number of anilines is 1. The molecule has 33 heavy (non-hydrogen) atoms. The normalized spacial score (nSPS) is 14.0. The highest BCUT2D eigenvalue weighted by Gasteiger charge is 2.29. The molecule has 0 saturated heterocycles. The fourth-order valence-electron chi connectivity index (χ4n) is 4.39. The average molecular weight is 464 g/mol. The van der Waals surface area contributed by atoms with Crippen LogP contribution in [0.1, 0.15) is 47.8 Å². The van der Waals surface area contributed by atoms with Crippen LogP contribution in [-0.4, -0.2) is 15.5 Å². The first-order chi connectivity index (χ1) is 16.0. The second kappa shape index (κ2) is 8.87. The summed E-state index contributed by atoms with van der Waals surface area (Å²) in [5.74, 6) is 0.801. The Morgan fingerprint density at radius 2 is 1.85 bits per heavy atom. The van der Waals surface area contributed by atoms with Crippen LogP contribution >= 0.6 is 11.6 Å². The lowest BCUT2D eigenvalue weighted by Crippen LogP contribution is -2.17. The van der Waals surface area contributed by atoms with Crippen LogP contribution in [0.5, 0.6) is 0 Å². The number of carbonyl (C=O) groups excluding carboxylic acids is 1. The molecule has 5 rings (SSSR count). The minimum absolute atomic E-state index is 0.175. The molecule has 1 amide bonds. The SMILES string of the molecule is Cc1ccc(-c2nc(-c3ccc(F)cc3)c(NC(=O)c3ccco3)n2C2CCCC2)cc1Cl. The van der Waals surface area contributed by atoms with Crippen LogP contribution in [0.4, 0.5) is 10.2 Å². The topological polar surface area (TPSA) is 60.1 Å². The van der Waals surface area contributed by atoms with Crippen molar-refractivity contribution in [2.45, 2.75) is 38.6 Å². The number of imidazole rings is 1. The molecule has 168 valence electrons. The van der Waals surface area contributed by atoms with Gasteiger partial charge in [0.15, 0.2) is 5.76 Å². The summed E-state index contributed by atoms with van der Waals surface area (Å²) in [6, 6.07) is 15.4. The van der Waals surface area contributed by atoms with Gasteiger partial charge in [-0.05, 0) is 67.8 Å². The monoisotopic (exact) mass is 463 g/mol. The third kappa shape index (κ3) is 4.18. The fourth-order valence-corrected chi connectivity index (χ4v) is 4.57. The highest BCUT2D eigenvalue weighted by atomic mass is 35.5. The second-order valence-electron chi connectivity index (χ2n) is 8.34. The molecule has 1 N–H and O–H groups in total. The predicted molar refractivity (Wildman–Crippen MR) is 127 cm³/mol. The molecule has 7 heteroatoms. The van der Waals surface area contributed by atoms with Gasteiger partial charge in [-0.2, -0.15) is 0 Å². The summed E-state index contributed by atoms with van der Waals surface area (Å²) < 4.78 is 21.1. The van der Waals surface area contributed by atoms with Gasteiger partial charge in [0, 0.05) is 22.2 Å². The van der Waals surface area contributed by atoms with Crippen LogP contribution in [-0.2, 0) is 0 Å². The van der Waals surface area contributed by atoms with Crippen molar-refractivity contribution in [1.29, 1.82) is 0 Å². The van der Waals surface area contributed by atoms with Crippen LogP contribution in [0.25, 0.3) is 22.6 Å². The summed E-state index contributed by atoms with van der Waals surface area (Å²) in [4.78, 5) is 18.0. The highest BCUT2D eigenvalue weighted by Crippen LogP contribution is 2.41. The van der Waals surface area contributed by atoms with Crippen LogP contribution in [0.2, 0.25) is 5.02 Å². The third-order valence-electron chi connectivity index (χ3n) is 6.13. The maximum Gasteiger partial charge on any atom is 0.292 e. The molecular formula is C26H23ClFN3O2. The van der Waals surface area contributed by atoms with Gasteiger partial charge in [-0.3, -0.25) is 4.79 Å². The molecule has 0 bridgehead atoms. The fraction of sp³-hybridized carbons (Fsp3) is 0.231. The Labute approximate surface area is 196 Å². The number of hydrogen-bond acceptors (Lipinski definition) is 3. The van der Waals surface area contributed by atoms with Crippen molar-refractivity contribution >= 4 is 23.3 Å². The van der Waals surface area contributed by atoms with Crippen molar-refractivity contribution in [3.05, 3.63) is 83.0 Å². The first-order valence-corrected chi connectivity index (χ1v) is 11.4. The molecule has 1 fully saturated rings. The summed E-state index contributed by atoms with van der Waals surface area (Å²) in [5, 5.41) is 3.68. The number of aromatic nitrogens is 2. The zero-order valence-corrected chi connectivity index (χ0v) is 18.9. The van der Waals surface area contributed by atoms with Gasteiger partial charge in [0.25, 0.3) is 5.91 Å². The Bertz CT molecular complexity index is 1290. The van der Waals surface area contributed by atoms with Crippen molar-refractivity contribution < 1.29 is 13.6 Å². The Kier molecular flexibility index (Phi) is 5.77. The summed E-state index contributed by atoms with van der Waals surface area (Å²) in [6.45, 7) is 1.95. The zero-order chi connectivity index (χ0) is 22.9. The number of carbonyl (C=O) groups is 1. The Hall–Kier alpha value is -3.38. The highest BCUT2D eigenvalue weighted by molar-refractivity contribution is 6.31. The van der Waals surface area contributed by atoms with Crippen molar-refractivity contribution in [3.63, 3.8) is 0 Å². The number of furan rings is 1. The first kappa shape index (κ1) is 21.5. The van der Waals surface area contributed by atoms with E-state index >= 15 is 0 Å². The Balaban J connectivity index is 1.72. The van der Waals surface area contributed by atoms with Gasteiger partial charge in [0.2, 0.25) is 0 Å². The molecular weight excluding hydrogens is 441 g/mol. The molecule has 0 atom stereocenters. The number of amides is 1. The molecule has 0 radical (unpaired) electrons. The van der Waals surface area contributed by atoms with Crippen LogP contribution < -0.4 is 5.32 Å². The quantitative estimate of drug-likeness (QED) is 0.338. The van der Waals surface area contributed by atoms with E-state index < -0.39 is 0 Å². The number of hydrogen-bond donors (Lipinski definition) is 1. The van der Waals surface area contributed by atoms with E-state index in [1.807, 2.05) is 25.1 Å². The Morgan fingerprint density at radius 1 is 1.12 bits per heavy atom. The summed E-state index contributed by atoms with van der Waals surface area (Å²) in [7, 11) is 0. The number of benzene rings is 2. The maximum atomic E-state index is 13.7. The summed E-state index contributed by atoms with van der Waals surface area (Å²) >= 11 is 6.45. The Morgan fingerprint density at radius 3 is 2.52 bits per heavy atom. The minimum atomic E-state index is -0.365. The van der Waals surface area contributed by atoms with Crippen LogP contribution in [0.3, 0.4) is 0 Å². The molecule has 1 saturated carbocycles. The second-order valence-corrected chi connectivity index (χ2v) is 8.75. The largest absolute Gasteiger partial charge is 0.459 e. The predicted octanol–water partition coefficient (Wildman–Crippen LogP) is 7.28. The van der Waals surface area contributed by atoms with Crippen molar-refractivity contribution in [3.8, 4) is 22.6 Å². The van der Waals surface area contributed by atoms with Gasteiger partial charge in [-0.15, -0.1) is 0 Å². The van der Waals surface area contributed by atoms with E-state index in [9.17, 15) is 9.18 Å². The first-order valence-electron chi connectivity index (χ1n) is 11.0. The maximum absolute atomic E-state index is 13.7. The van der Waals surface area contributed by atoms with Crippen LogP contribution in [0, 0.1) is 12.7 Å². The average Bonchev–Trinajstić information content (AvgIpc) is 3.57. The molecule has 2 heterocycles. The lowest BCUT2D eigenvalue weighted by Gasteiger charge is -2.19. The zero-order valence-electron chi connectivity index (χ0n) is 18.1. The van der Waals surface area contributed by atoms with E-state index in [1.165, 1.54) is 18.4 Å². The molecule has 5 nitrogen and oxygen atoms in total. The van der Waals surface area contributed by atoms with E-state index in [0.717, 1.165) is 42.6 Å². The summed E-state index contributed by atoms with van der Waals surface area (Å²) in [5.41, 5.74) is 3.12. The van der Waals surface area contributed by atoms with E-state index in [4.69, 9.17) is 21.0 Å². The van der Waals surface area contributed by atoms with E-state index in [1.54, 1.807) is 24.3 Å². The number of rotatable bonds is 5. The van der Waals surface area contributed by atoms with E-state index in [2.05, 4.69) is 9.88 Å². The molecule has 1 aliphatic rings. The molecule has 4 aromatic rings. The van der Waals surface area contributed by atoms with E-state index in [0.29, 0.717) is 22.1 Å². The van der Waals surface area contributed by atoms with E-state index in [-0.39, 0.29) is 23.5 Å². The lowest BCUT2D eigenvalue weighted by atomic mass is 10.1. The molecule has 2 aromatic heterocycles. The smallest absolute Gasteiger partial charge is 0.292 e. The van der Waals surface area contributed by atoms with Crippen molar-refractivity contribution in [1.82, 2.24) is 9.55 Å². The van der Waals surface area contributed by atoms with Gasteiger partial charge in [0.1, 0.15) is 23.2 Å². The van der Waals surface area contributed by atoms with Gasteiger partial charge < -0.3 is 14.3 Å². The van der Waals surface area contributed by atoms with Gasteiger partial charge >= 0.3 is 0 Å². The molecule has 0 unspecified atom stereocenters. The minimum Gasteiger partial charge on any atom is -0.459 e. The van der Waals surface area contributed by atoms with Crippen molar-refractivity contribution in [2.75, 3.05) is 5.32 Å². The third-order valence-corrected chi connectivity index (χ3v) is 6.53. The number of nitrogens with zero attached hydrogens (tertiary/aromatic N) is 2. The standard InChI is InChI=1S/C26H23ClFN3O2/c1-16-8-9-18(15-21(16)27)24-29-23(17-10-12-19(28)13-11-17)25(31(24)20-5-2-3-6-20)30-26(32)22-7-4-14-33-22/h4,7-15,20H,2-3,5-6H2,1H3,(H,30,32). The number of nitrogens with one attached hydrogen (secondary N) is 1. The van der Waals surface area contributed by atoms with Crippen LogP contribution in [0.15, 0.2) is 65.3 Å². The van der Waals surface area contributed by atoms with Gasteiger partial charge in [-0.1, -0.05) is 36.6 Å². The van der Waals surface area contributed by atoms with Gasteiger partial charge in [-0.25, -0.2) is 9.37 Å². The molecule has 2 aromatic carbocycles. The van der Waals surface area contributed by atoms with Crippen molar-refractivity contribution in [2.24, 2.45) is 0 Å².